The molecule has 150 valence electrons. The number of carbonyl (C=O) groups is 2. The molecule has 1 aliphatic rings. The highest BCUT2D eigenvalue weighted by Crippen LogP contribution is 2.38. The van der Waals surface area contributed by atoms with Crippen LogP contribution in [0.2, 0.25) is 0 Å². The number of nitrogens with one attached hydrogen (secondary N) is 1. The summed E-state index contributed by atoms with van der Waals surface area (Å²) >= 11 is 2.85. The van der Waals surface area contributed by atoms with Crippen LogP contribution < -0.4 is 11.1 Å². The maximum Gasteiger partial charge on any atom is 0.251 e. The Hall–Kier alpha value is -2.58. The van der Waals surface area contributed by atoms with Crippen LogP contribution >= 0.6 is 23.1 Å². The van der Waals surface area contributed by atoms with E-state index in [0.29, 0.717) is 17.1 Å². The van der Waals surface area contributed by atoms with Crippen LogP contribution in [0.5, 0.6) is 0 Å². The van der Waals surface area contributed by atoms with E-state index in [-0.39, 0.29) is 11.7 Å². The van der Waals surface area contributed by atoms with Crippen molar-refractivity contribution in [3.8, 4) is 0 Å². The highest BCUT2D eigenvalue weighted by atomic mass is 32.2. The minimum Gasteiger partial charge on any atom is -0.365 e. The molecule has 2 heterocycles. The number of hydrogen-bond acceptors (Lipinski definition) is 5. The van der Waals surface area contributed by atoms with E-state index < -0.39 is 5.91 Å². The van der Waals surface area contributed by atoms with Gasteiger partial charge >= 0.3 is 0 Å². The first-order valence-electron chi connectivity index (χ1n) is 9.51. The Bertz CT molecular complexity index is 1100. The number of amides is 2. The summed E-state index contributed by atoms with van der Waals surface area (Å²) in [4.78, 5) is 30.4. The molecule has 1 aliphatic carbocycles. The smallest absolute Gasteiger partial charge is 0.251 e. The lowest BCUT2D eigenvalue weighted by atomic mass is 9.95. The van der Waals surface area contributed by atoms with Gasteiger partial charge in [-0.1, -0.05) is 30.0 Å². The van der Waals surface area contributed by atoms with Gasteiger partial charge in [0.15, 0.2) is 5.16 Å². The van der Waals surface area contributed by atoms with Gasteiger partial charge in [-0.2, -0.15) is 0 Å². The monoisotopic (exact) mass is 426 g/mol. The number of aryl methyl sites for hydroxylation is 1. The molecule has 0 saturated heterocycles. The molecule has 6 nitrogen and oxygen atoms in total. The standard InChI is InChI=1S/C21H22N4O2S2/c1-2-11-25-15-9-5-4-8-14(15)23-21(25)28-12-17(26)24-20-18(19(22)27)13-7-3-6-10-16(13)29-20/h2,4-5,8-9H,1,3,6-7,10-12H2,(H2,22,27)(H,24,26). The van der Waals surface area contributed by atoms with Crippen molar-refractivity contribution in [3.63, 3.8) is 0 Å². The highest BCUT2D eigenvalue weighted by molar-refractivity contribution is 7.99. The maximum atomic E-state index is 12.6. The van der Waals surface area contributed by atoms with Crippen LogP contribution in [0.4, 0.5) is 5.00 Å². The Morgan fingerprint density at radius 1 is 1.31 bits per heavy atom. The molecule has 3 aromatic rings. The second-order valence-electron chi connectivity index (χ2n) is 6.90. The number of allylic oxidation sites excluding steroid dienone is 1. The van der Waals surface area contributed by atoms with E-state index in [4.69, 9.17) is 5.73 Å². The van der Waals surface area contributed by atoms with Gasteiger partial charge in [-0.15, -0.1) is 17.9 Å². The molecular weight excluding hydrogens is 404 g/mol. The molecule has 0 spiro atoms. The number of imidazole rings is 1. The van der Waals surface area contributed by atoms with Crippen molar-refractivity contribution in [2.24, 2.45) is 5.73 Å². The van der Waals surface area contributed by atoms with Crippen LogP contribution in [0, 0.1) is 0 Å². The summed E-state index contributed by atoms with van der Waals surface area (Å²) in [5, 5.41) is 4.25. The fourth-order valence-corrected chi connectivity index (χ4v) is 5.81. The molecule has 0 fully saturated rings. The number of nitrogens with zero attached hydrogens (tertiary/aromatic N) is 2. The summed E-state index contributed by atoms with van der Waals surface area (Å²) in [6.45, 7) is 4.43. The van der Waals surface area contributed by atoms with Gasteiger partial charge < -0.3 is 15.6 Å². The zero-order valence-corrected chi connectivity index (χ0v) is 17.6. The van der Waals surface area contributed by atoms with Gasteiger partial charge in [0.1, 0.15) is 5.00 Å². The number of benzene rings is 1. The average molecular weight is 427 g/mol. The molecule has 4 rings (SSSR count). The Balaban J connectivity index is 1.51. The topological polar surface area (TPSA) is 90.0 Å². The van der Waals surface area contributed by atoms with Crippen LogP contribution in [0.3, 0.4) is 0 Å². The summed E-state index contributed by atoms with van der Waals surface area (Å²) in [5.41, 5.74) is 9.01. The summed E-state index contributed by atoms with van der Waals surface area (Å²) in [6.07, 6.45) is 5.76. The van der Waals surface area contributed by atoms with Gasteiger partial charge in [-0.25, -0.2) is 4.98 Å². The SMILES string of the molecule is C=CCn1c(SCC(=O)Nc2sc3c(c2C(N)=O)CCCC3)nc2ccccc21. The zero-order chi connectivity index (χ0) is 20.4. The van der Waals surface area contributed by atoms with Crippen molar-refractivity contribution >= 4 is 50.9 Å². The van der Waals surface area contributed by atoms with Gasteiger partial charge in [-0.3, -0.25) is 9.59 Å². The van der Waals surface area contributed by atoms with Crippen LogP contribution in [-0.2, 0) is 24.2 Å². The average Bonchev–Trinajstić information content (AvgIpc) is 3.24. The van der Waals surface area contributed by atoms with Crippen molar-refractivity contribution in [1.29, 1.82) is 0 Å². The summed E-state index contributed by atoms with van der Waals surface area (Å²) in [6, 6.07) is 7.87. The van der Waals surface area contributed by atoms with Crippen molar-refractivity contribution in [1.82, 2.24) is 9.55 Å². The Kier molecular flexibility index (Phi) is 5.73. The van der Waals surface area contributed by atoms with Crippen molar-refractivity contribution in [2.45, 2.75) is 37.4 Å². The Labute approximate surface area is 177 Å². The molecule has 0 radical (unpaired) electrons. The molecule has 0 bridgehead atoms. The van der Waals surface area contributed by atoms with Crippen LogP contribution in [0.1, 0.15) is 33.6 Å². The van der Waals surface area contributed by atoms with Gasteiger partial charge in [-0.05, 0) is 43.4 Å². The van der Waals surface area contributed by atoms with Crippen LogP contribution in [-0.4, -0.2) is 27.1 Å². The Morgan fingerprint density at radius 2 is 2.10 bits per heavy atom. The van der Waals surface area contributed by atoms with Crippen LogP contribution in [0.15, 0.2) is 42.1 Å². The van der Waals surface area contributed by atoms with Gasteiger partial charge in [0.25, 0.3) is 5.91 Å². The minimum atomic E-state index is -0.472. The minimum absolute atomic E-state index is 0.173. The maximum absolute atomic E-state index is 12.6. The van der Waals surface area contributed by atoms with E-state index in [1.165, 1.54) is 28.0 Å². The van der Waals surface area contributed by atoms with Crippen LogP contribution in [0.25, 0.3) is 11.0 Å². The molecule has 1 aromatic carbocycles. The normalized spacial score (nSPS) is 13.2. The number of fused-ring (bicyclic) bond motifs is 2. The number of thioether (sulfide) groups is 1. The highest BCUT2D eigenvalue weighted by Gasteiger charge is 2.25. The first-order chi connectivity index (χ1) is 14.1. The zero-order valence-electron chi connectivity index (χ0n) is 15.9. The van der Waals surface area contributed by atoms with E-state index in [2.05, 4.69) is 16.9 Å². The molecule has 0 aliphatic heterocycles. The number of nitrogens with two attached hydrogens (primary N) is 1. The number of carbonyl (C=O) groups excluding carboxylic acids is 2. The first kappa shape index (κ1) is 19.7. The fraction of sp³-hybridized carbons (Fsp3) is 0.286. The molecule has 0 atom stereocenters. The third-order valence-electron chi connectivity index (χ3n) is 4.93. The number of anilines is 1. The predicted octanol–water partition coefficient (Wildman–Crippen LogP) is 3.99. The molecule has 2 aromatic heterocycles. The largest absolute Gasteiger partial charge is 0.365 e. The van der Waals surface area contributed by atoms with E-state index >= 15 is 0 Å². The number of para-hydroxylation sites is 2. The van der Waals surface area contributed by atoms with E-state index in [0.717, 1.165) is 47.4 Å². The van der Waals surface area contributed by atoms with Crippen molar-refractivity contribution < 1.29 is 9.59 Å². The number of aromatic nitrogens is 2. The summed E-state index contributed by atoms with van der Waals surface area (Å²) < 4.78 is 2.04. The lowest BCUT2D eigenvalue weighted by molar-refractivity contribution is -0.113. The van der Waals surface area contributed by atoms with Gasteiger partial charge in [0.2, 0.25) is 5.91 Å². The lowest BCUT2D eigenvalue weighted by Gasteiger charge is -2.11. The van der Waals surface area contributed by atoms with E-state index in [1.54, 1.807) is 0 Å². The van der Waals surface area contributed by atoms with E-state index in [9.17, 15) is 9.59 Å². The van der Waals surface area contributed by atoms with E-state index in [1.807, 2.05) is 34.9 Å². The number of primary amides is 1. The quantitative estimate of drug-likeness (QED) is 0.441. The van der Waals surface area contributed by atoms with Gasteiger partial charge in [0.05, 0.1) is 22.3 Å². The molecule has 8 heteroatoms. The second kappa shape index (κ2) is 8.42. The molecule has 2 amide bonds. The van der Waals surface area contributed by atoms with Crippen molar-refractivity contribution in [3.05, 3.63) is 52.9 Å². The first-order valence-corrected chi connectivity index (χ1v) is 11.3. The third kappa shape index (κ3) is 3.95. The predicted molar refractivity (Wildman–Crippen MR) is 119 cm³/mol. The number of rotatable bonds is 7. The fourth-order valence-electron chi connectivity index (χ4n) is 3.68. The molecule has 29 heavy (non-hydrogen) atoms. The second-order valence-corrected chi connectivity index (χ2v) is 8.95. The Morgan fingerprint density at radius 3 is 2.90 bits per heavy atom. The summed E-state index contributed by atoms with van der Waals surface area (Å²) in [5.74, 6) is -0.449. The molecule has 0 saturated carbocycles. The summed E-state index contributed by atoms with van der Waals surface area (Å²) in [7, 11) is 0. The lowest BCUT2D eigenvalue weighted by Crippen LogP contribution is -2.19. The third-order valence-corrected chi connectivity index (χ3v) is 7.12. The molecule has 0 unspecified atom stereocenters. The van der Waals surface area contributed by atoms with Gasteiger partial charge in [0, 0.05) is 11.4 Å². The number of thiophene rings is 1. The number of hydrogen-bond donors (Lipinski definition) is 2. The molecular formula is C21H22N4O2S2. The molecule has 3 N–H and O–H groups in total. The van der Waals surface area contributed by atoms with Crippen molar-refractivity contribution in [2.75, 3.05) is 11.1 Å².